The van der Waals surface area contributed by atoms with E-state index in [0.717, 1.165) is 0 Å². The summed E-state index contributed by atoms with van der Waals surface area (Å²) < 4.78 is 4.51. The summed E-state index contributed by atoms with van der Waals surface area (Å²) in [5.41, 5.74) is 0.822. The molecular weight excluding hydrogens is 198 g/mol. The van der Waals surface area contributed by atoms with Gasteiger partial charge in [-0.3, -0.25) is 4.98 Å². The highest BCUT2D eigenvalue weighted by molar-refractivity contribution is 6.03. The number of esters is 1. The van der Waals surface area contributed by atoms with Crippen molar-refractivity contribution in [2.75, 3.05) is 7.11 Å². The third-order valence-corrected chi connectivity index (χ3v) is 1.95. The number of rotatable bonds is 2. The molecule has 0 fully saturated rings. The van der Waals surface area contributed by atoms with E-state index in [4.69, 9.17) is 5.11 Å². The van der Waals surface area contributed by atoms with E-state index < -0.39 is 11.9 Å². The lowest BCUT2D eigenvalue weighted by Crippen LogP contribution is -2.13. The smallest absolute Gasteiger partial charge is 0.338 e. The Morgan fingerprint density at radius 1 is 1.40 bits per heavy atom. The number of carboxylic acid groups (broad SMARTS) is 1. The predicted molar refractivity (Wildman–Crippen MR) is 52.0 cm³/mol. The van der Waals surface area contributed by atoms with Gasteiger partial charge in [0.25, 0.3) is 0 Å². The maximum atomic E-state index is 11.3. The summed E-state index contributed by atoms with van der Waals surface area (Å²) in [7, 11) is 1.21. The normalized spacial score (nSPS) is 9.80. The molecule has 0 saturated heterocycles. The topological polar surface area (TPSA) is 76.5 Å². The van der Waals surface area contributed by atoms with Crippen LogP contribution in [-0.2, 0) is 4.74 Å². The van der Waals surface area contributed by atoms with Crippen LogP contribution in [0.4, 0.5) is 0 Å². The summed E-state index contributed by atoms with van der Waals surface area (Å²) >= 11 is 0. The highest BCUT2D eigenvalue weighted by atomic mass is 16.5. The Hall–Kier alpha value is -1.91. The Labute approximate surface area is 86.7 Å². The number of aromatic nitrogens is 1. The van der Waals surface area contributed by atoms with Crippen molar-refractivity contribution < 1.29 is 19.4 Å². The molecular formula is C10H11NO4. The zero-order valence-electron chi connectivity index (χ0n) is 8.70. The molecule has 0 saturated carbocycles. The third-order valence-electron chi connectivity index (χ3n) is 1.95. The van der Waals surface area contributed by atoms with Gasteiger partial charge in [-0.15, -0.1) is 0 Å². The van der Waals surface area contributed by atoms with E-state index in [1.165, 1.54) is 13.2 Å². The van der Waals surface area contributed by atoms with Crippen LogP contribution in [0.1, 0.15) is 32.1 Å². The molecule has 1 aromatic heterocycles. The molecule has 80 valence electrons. The third kappa shape index (κ3) is 2.12. The standard InChI is InChI=1S/C10H11NO4/c1-5-4-7(10(14)15-3)8(9(12)13)6(2)11-5/h4H,1-3H3,(H,12,13). The second-order valence-electron chi connectivity index (χ2n) is 3.07. The van der Waals surface area contributed by atoms with E-state index in [1.54, 1.807) is 13.8 Å². The van der Waals surface area contributed by atoms with E-state index in [1.807, 2.05) is 0 Å². The number of methoxy groups -OCH3 is 1. The fourth-order valence-electron chi connectivity index (χ4n) is 1.37. The zero-order chi connectivity index (χ0) is 11.6. The maximum absolute atomic E-state index is 11.3. The Morgan fingerprint density at radius 3 is 2.47 bits per heavy atom. The van der Waals surface area contributed by atoms with E-state index in [2.05, 4.69) is 9.72 Å². The number of carbonyl (C=O) groups is 2. The van der Waals surface area contributed by atoms with Crippen molar-refractivity contribution >= 4 is 11.9 Å². The van der Waals surface area contributed by atoms with E-state index in [9.17, 15) is 9.59 Å². The van der Waals surface area contributed by atoms with Crippen LogP contribution in [0, 0.1) is 13.8 Å². The van der Waals surface area contributed by atoms with Crippen LogP contribution >= 0.6 is 0 Å². The van der Waals surface area contributed by atoms with Crippen LogP contribution in [0.3, 0.4) is 0 Å². The van der Waals surface area contributed by atoms with Gasteiger partial charge in [-0.25, -0.2) is 9.59 Å². The molecule has 0 aromatic carbocycles. The van der Waals surface area contributed by atoms with Gasteiger partial charge in [0.2, 0.25) is 0 Å². The van der Waals surface area contributed by atoms with Gasteiger partial charge < -0.3 is 9.84 Å². The number of aromatic carboxylic acids is 1. The van der Waals surface area contributed by atoms with Crippen molar-refractivity contribution in [3.8, 4) is 0 Å². The minimum absolute atomic E-state index is 0.0370. The maximum Gasteiger partial charge on any atom is 0.338 e. The van der Waals surface area contributed by atoms with E-state index in [-0.39, 0.29) is 11.1 Å². The van der Waals surface area contributed by atoms with Gasteiger partial charge in [0, 0.05) is 5.69 Å². The number of ether oxygens (including phenoxy) is 1. The highest BCUT2D eigenvalue weighted by Gasteiger charge is 2.20. The highest BCUT2D eigenvalue weighted by Crippen LogP contribution is 2.15. The first kappa shape index (κ1) is 11.2. The SMILES string of the molecule is COC(=O)c1cc(C)nc(C)c1C(=O)O. The average molecular weight is 209 g/mol. The van der Waals surface area contributed by atoms with Gasteiger partial charge in [-0.05, 0) is 19.9 Å². The molecule has 0 unspecified atom stereocenters. The van der Waals surface area contributed by atoms with Gasteiger partial charge in [0.05, 0.1) is 23.9 Å². The molecule has 0 aliphatic rings. The predicted octanol–water partition coefficient (Wildman–Crippen LogP) is 1.18. The van der Waals surface area contributed by atoms with Crippen molar-refractivity contribution in [1.82, 2.24) is 4.98 Å². The van der Waals surface area contributed by atoms with Crippen molar-refractivity contribution in [2.45, 2.75) is 13.8 Å². The first-order valence-corrected chi connectivity index (χ1v) is 4.27. The second kappa shape index (κ2) is 4.08. The summed E-state index contributed by atoms with van der Waals surface area (Å²) in [5, 5.41) is 8.93. The molecule has 0 aliphatic heterocycles. The summed E-state index contributed by atoms with van der Waals surface area (Å²) in [6.07, 6.45) is 0. The quantitative estimate of drug-likeness (QED) is 0.740. The van der Waals surface area contributed by atoms with Crippen molar-refractivity contribution in [3.63, 3.8) is 0 Å². The fourth-order valence-corrected chi connectivity index (χ4v) is 1.37. The van der Waals surface area contributed by atoms with Crippen LogP contribution in [0.2, 0.25) is 0 Å². The monoisotopic (exact) mass is 209 g/mol. The molecule has 15 heavy (non-hydrogen) atoms. The lowest BCUT2D eigenvalue weighted by Gasteiger charge is -2.07. The largest absolute Gasteiger partial charge is 0.478 e. The zero-order valence-corrected chi connectivity index (χ0v) is 8.70. The molecule has 0 radical (unpaired) electrons. The molecule has 0 spiro atoms. The first-order valence-electron chi connectivity index (χ1n) is 4.27. The van der Waals surface area contributed by atoms with Gasteiger partial charge in [-0.2, -0.15) is 0 Å². The Kier molecular flexibility index (Phi) is 3.04. The van der Waals surface area contributed by atoms with Gasteiger partial charge in [-0.1, -0.05) is 0 Å². The van der Waals surface area contributed by atoms with Crippen molar-refractivity contribution in [1.29, 1.82) is 0 Å². The summed E-state index contributed by atoms with van der Waals surface area (Å²) in [6, 6.07) is 1.41. The minimum atomic E-state index is -1.18. The van der Waals surface area contributed by atoms with Crippen molar-refractivity contribution in [3.05, 3.63) is 28.6 Å². The molecule has 0 aliphatic carbocycles. The molecule has 1 N–H and O–H groups in total. The molecule has 0 bridgehead atoms. The number of hydrogen-bond acceptors (Lipinski definition) is 4. The lowest BCUT2D eigenvalue weighted by atomic mass is 10.1. The van der Waals surface area contributed by atoms with Crippen LogP contribution in [-0.4, -0.2) is 29.1 Å². The molecule has 1 aromatic rings. The Balaban J connectivity index is 3.46. The molecule has 5 heteroatoms. The Morgan fingerprint density at radius 2 is 2.00 bits per heavy atom. The first-order chi connectivity index (χ1) is 6.97. The van der Waals surface area contributed by atoms with Crippen LogP contribution in [0.5, 0.6) is 0 Å². The fraction of sp³-hybridized carbons (Fsp3) is 0.300. The summed E-state index contributed by atoms with van der Waals surface area (Å²) in [5.74, 6) is -1.85. The van der Waals surface area contributed by atoms with Gasteiger partial charge in [0.15, 0.2) is 0 Å². The molecule has 1 rings (SSSR count). The van der Waals surface area contributed by atoms with Crippen LogP contribution in [0.15, 0.2) is 6.07 Å². The molecule has 5 nitrogen and oxygen atoms in total. The molecule has 1 heterocycles. The van der Waals surface area contributed by atoms with Gasteiger partial charge >= 0.3 is 11.9 Å². The summed E-state index contributed by atoms with van der Waals surface area (Å²) in [4.78, 5) is 26.2. The van der Waals surface area contributed by atoms with Gasteiger partial charge in [0.1, 0.15) is 0 Å². The Bertz CT molecular complexity index is 426. The molecule has 0 amide bonds. The van der Waals surface area contributed by atoms with E-state index in [0.29, 0.717) is 11.4 Å². The van der Waals surface area contributed by atoms with Crippen molar-refractivity contribution in [2.24, 2.45) is 0 Å². The number of hydrogen-bond donors (Lipinski definition) is 1. The van der Waals surface area contributed by atoms with Crippen LogP contribution in [0.25, 0.3) is 0 Å². The number of pyridine rings is 1. The summed E-state index contributed by atoms with van der Waals surface area (Å²) in [6.45, 7) is 3.23. The number of carbonyl (C=O) groups excluding carboxylic acids is 1. The molecule has 0 atom stereocenters. The van der Waals surface area contributed by atoms with E-state index >= 15 is 0 Å². The number of carboxylic acids is 1. The number of aryl methyl sites for hydroxylation is 2. The minimum Gasteiger partial charge on any atom is -0.478 e. The second-order valence-corrected chi connectivity index (χ2v) is 3.07. The lowest BCUT2D eigenvalue weighted by molar-refractivity contribution is 0.0581. The van der Waals surface area contributed by atoms with Crippen LogP contribution < -0.4 is 0 Å². The number of nitrogens with zero attached hydrogens (tertiary/aromatic N) is 1. The average Bonchev–Trinajstić information content (AvgIpc) is 2.14.